The molecule has 0 radical (unpaired) electrons. The number of piperazine rings is 1. The maximum Gasteiger partial charge on any atom is 0.264 e. The van der Waals surface area contributed by atoms with E-state index in [-0.39, 0.29) is 23.4 Å². The van der Waals surface area contributed by atoms with E-state index in [1.807, 2.05) is 37.3 Å². The number of hydrogen-bond acceptors (Lipinski definition) is 8. The molecular formula is C26H35N7O3S. The largest absolute Gasteiger partial charge is 0.383 e. The van der Waals surface area contributed by atoms with Gasteiger partial charge in [-0.2, -0.15) is 5.26 Å². The molecule has 3 amide bonds. The van der Waals surface area contributed by atoms with Crippen LogP contribution in [0.15, 0.2) is 34.9 Å². The third-order valence-electron chi connectivity index (χ3n) is 6.73. The zero-order chi connectivity index (χ0) is 26.4. The van der Waals surface area contributed by atoms with Crippen molar-refractivity contribution in [2.75, 3.05) is 63.5 Å². The Hall–Kier alpha value is -3.07. The fourth-order valence-corrected chi connectivity index (χ4v) is 5.53. The maximum absolute atomic E-state index is 12.9. The van der Waals surface area contributed by atoms with Gasteiger partial charge in [-0.3, -0.25) is 14.4 Å². The summed E-state index contributed by atoms with van der Waals surface area (Å²) in [4.78, 5) is 43.9. The van der Waals surface area contributed by atoms with Crippen LogP contribution in [0, 0.1) is 11.3 Å². The van der Waals surface area contributed by atoms with E-state index in [9.17, 15) is 19.6 Å². The molecule has 2 saturated heterocycles. The van der Waals surface area contributed by atoms with Crippen LogP contribution in [0.2, 0.25) is 0 Å². The first-order valence-electron chi connectivity index (χ1n) is 12.9. The van der Waals surface area contributed by atoms with Crippen molar-refractivity contribution in [3.8, 4) is 6.07 Å². The minimum absolute atomic E-state index is 0.00215. The van der Waals surface area contributed by atoms with Crippen LogP contribution in [0.3, 0.4) is 0 Å². The van der Waals surface area contributed by atoms with Crippen LogP contribution < -0.4 is 16.0 Å². The van der Waals surface area contributed by atoms with Crippen molar-refractivity contribution in [2.45, 2.75) is 37.5 Å². The van der Waals surface area contributed by atoms with Crippen molar-refractivity contribution in [1.82, 2.24) is 20.0 Å². The summed E-state index contributed by atoms with van der Waals surface area (Å²) in [5.41, 5.74) is 1.54. The quantitative estimate of drug-likeness (QED) is 0.312. The standard InChI is InChI=1S/C26H35N7O3S/c1-3-33-25(36)22(37-26(33)21(16-27)24(35)30-20-8-9-20)17-28-18-4-6-19(7-5-18)29-23(34)10-11-32-14-12-31(2)13-15-32/h4-7,20,22,28H,3,8-15,17H2,1-2H3,(H,29,34)(H,30,35)/b26-21-/t22-/m1/s1. The molecule has 4 rings (SSSR count). The summed E-state index contributed by atoms with van der Waals surface area (Å²) in [6.07, 6.45) is 2.31. The molecule has 1 aromatic rings. The van der Waals surface area contributed by atoms with Gasteiger partial charge in [-0.1, -0.05) is 11.8 Å². The van der Waals surface area contributed by atoms with Crippen LogP contribution in [-0.4, -0.2) is 96.6 Å². The molecule has 10 nitrogen and oxygen atoms in total. The molecule has 1 aromatic carbocycles. The van der Waals surface area contributed by atoms with Crippen LogP contribution in [0.4, 0.5) is 11.4 Å². The Morgan fingerprint density at radius 1 is 1.11 bits per heavy atom. The Labute approximate surface area is 222 Å². The van der Waals surface area contributed by atoms with E-state index in [2.05, 4.69) is 32.8 Å². The number of hydrogen-bond donors (Lipinski definition) is 3. The van der Waals surface area contributed by atoms with E-state index in [4.69, 9.17) is 0 Å². The van der Waals surface area contributed by atoms with E-state index in [1.165, 1.54) is 16.7 Å². The summed E-state index contributed by atoms with van der Waals surface area (Å²) in [6.45, 7) is 7.38. The molecule has 3 N–H and O–H groups in total. The lowest BCUT2D eigenvalue weighted by Crippen LogP contribution is -2.45. The Kier molecular flexibility index (Phi) is 9.08. The Morgan fingerprint density at radius 3 is 2.41 bits per heavy atom. The van der Waals surface area contributed by atoms with E-state index in [0.29, 0.717) is 24.5 Å². The van der Waals surface area contributed by atoms with Gasteiger partial charge in [-0.15, -0.1) is 0 Å². The number of thioether (sulfide) groups is 1. The van der Waals surface area contributed by atoms with Crippen molar-refractivity contribution in [3.05, 3.63) is 34.9 Å². The molecule has 198 valence electrons. The summed E-state index contributed by atoms with van der Waals surface area (Å²) in [5.74, 6) is -0.537. The Balaban J connectivity index is 1.27. The first kappa shape index (κ1) is 27.0. The maximum atomic E-state index is 12.9. The number of amides is 3. The summed E-state index contributed by atoms with van der Waals surface area (Å²) in [6, 6.07) is 9.52. The lowest BCUT2D eigenvalue weighted by atomic mass is 10.2. The summed E-state index contributed by atoms with van der Waals surface area (Å²) in [7, 11) is 2.11. The zero-order valence-corrected chi connectivity index (χ0v) is 22.3. The van der Waals surface area contributed by atoms with Gasteiger partial charge in [-0.25, -0.2) is 0 Å². The molecule has 11 heteroatoms. The summed E-state index contributed by atoms with van der Waals surface area (Å²) < 4.78 is 0. The van der Waals surface area contributed by atoms with Gasteiger partial charge in [-0.05, 0) is 51.1 Å². The lowest BCUT2D eigenvalue weighted by molar-refractivity contribution is -0.127. The smallest absolute Gasteiger partial charge is 0.264 e. The molecular weight excluding hydrogens is 490 g/mol. The summed E-state index contributed by atoms with van der Waals surface area (Å²) >= 11 is 1.25. The van der Waals surface area contributed by atoms with Gasteiger partial charge < -0.3 is 30.7 Å². The molecule has 3 fully saturated rings. The molecule has 2 heterocycles. The van der Waals surface area contributed by atoms with Crippen molar-refractivity contribution in [3.63, 3.8) is 0 Å². The lowest BCUT2D eigenvalue weighted by Gasteiger charge is -2.32. The van der Waals surface area contributed by atoms with E-state index >= 15 is 0 Å². The van der Waals surface area contributed by atoms with Crippen molar-refractivity contribution in [1.29, 1.82) is 5.26 Å². The molecule has 1 saturated carbocycles. The van der Waals surface area contributed by atoms with E-state index in [0.717, 1.165) is 56.9 Å². The summed E-state index contributed by atoms with van der Waals surface area (Å²) in [5, 5.41) is 18.6. The topological polar surface area (TPSA) is 121 Å². The number of nitriles is 1. The number of nitrogens with one attached hydrogen (secondary N) is 3. The van der Waals surface area contributed by atoms with Gasteiger partial charge >= 0.3 is 0 Å². The third kappa shape index (κ3) is 7.25. The van der Waals surface area contributed by atoms with Crippen LogP contribution in [0.25, 0.3) is 0 Å². The molecule has 3 aliphatic rings. The number of benzene rings is 1. The molecule has 37 heavy (non-hydrogen) atoms. The Morgan fingerprint density at radius 2 is 1.78 bits per heavy atom. The fraction of sp³-hybridized carbons (Fsp3) is 0.538. The normalized spacial score (nSPS) is 21.9. The second kappa shape index (κ2) is 12.4. The highest BCUT2D eigenvalue weighted by Crippen LogP contribution is 2.37. The average Bonchev–Trinajstić information content (AvgIpc) is 3.65. The van der Waals surface area contributed by atoms with Gasteiger partial charge in [0.15, 0.2) is 0 Å². The van der Waals surface area contributed by atoms with Gasteiger partial charge in [0.1, 0.15) is 21.9 Å². The van der Waals surface area contributed by atoms with Crippen LogP contribution >= 0.6 is 11.8 Å². The van der Waals surface area contributed by atoms with Crippen LogP contribution in [0.1, 0.15) is 26.2 Å². The SMILES string of the molecule is CCN1C(=O)[C@@H](CNc2ccc(NC(=O)CCN3CCN(C)CC3)cc2)S/C1=C(/C#N)C(=O)NC1CC1. The number of rotatable bonds is 10. The molecule has 0 aromatic heterocycles. The predicted molar refractivity (Wildman–Crippen MR) is 145 cm³/mol. The molecule has 1 atom stereocenters. The zero-order valence-electron chi connectivity index (χ0n) is 21.5. The number of nitrogens with zero attached hydrogens (tertiary/aromatic N) is 4. The highest BCUT2D eigenvalue weighted by Gasteiger charge is 2.39. The fourth-order valence-electron chi connectivity index (χ4n) is 4.26. The minimum Gasteiger partial charge on any atom is -0.383 e. The van der Waals surface area contributed by atoms with Crippen molar-refractivity contribution >= 4 is 40.9 Å². The van der Waals surface area contributed by atoms with E-state index < -0.39 is 11.2 Å². The van der Waals surface area contributed by atoms with E-state index in [1.54, 1.807) is 0 Å². The molecule has 0 unspecified atom stereocenters. The monoisotopic (exact) mass is 525 g/mol. The molecule has 1 aliphatic carbocycles. The second-order valence-electron chi connectivity index (χ2n) is 9.63. The van der Waals surface area contributed by atoms with Crippen LogP contribution in [0.5, 0.6) is 0 Å². The Bertz CT molecular complexity index is 1070. The van der Waals surface area contributed by atoms with Crippen LogP contribution in [-0.2, 0) is 14.4 Å². The first-order chi connectivity index (χ1) is 17.9. The van der Waals surface area contributed by atoms with Gasteiger partial charge in [0.2, 0.25) is 11.8 Å². The van der Waals surface area contributed by atoms with Gasteiger partial charge in [0, 0.05) is 69.7 Å². The van der Waals surface area contributed by atoms with Crippen molar-refractivity contribution in [2.24, 2.45) is 0 Å². The highest BCUT2D eigenvalue weighted by atomic mass is 32.2. The van der Waals surface area contributed by atoms with Gasteiger partial charge in [0.05, 0.1) is 0 Å². The predicted octanol–water partition coefficient (Wildman–Crippen LogP) is 1.65. The van der Waals surface area contributed by atoms with Crippen molar-refractivity contribution < 1.29 is 14.4 Å². The first-order valence-corrected chi connectivity index (χ1v) is 13.7. The number of likely N-dealkylation sites (N-methyl/N-ethyl adjacent to an activating group) is 1. The highest BCUT2D eigenvalue weighted by molar-refractivity contribution is 8.04. The number of carbonyl (C=O) groups is 3. The molecule has 2 aliphatic heterocycles. The second-order valence-corrected chi connectivity index (χ2v) is 10.8. The molecule has 0 spiro atoms. The number of carbonyl (C=O) groups excluding carboxylic acids is 3. The third-order valence-corrected chi connectivity index (χ3v) is 8.03. The number of anilines is 2. The van der Waals surface area contributed by atoms with Gasteiger partial charge in [0.25, 0.3) is 5.91 Å². The average molecular weight is 526 g/mol. The minimum atomic E-state index is -0.444. The molecule has 0 bridgehead atoms.